The minimum absolute atomic E-state index is 0.0727. The highest BCUT2D eigenvalue weighted by Gasteiger charge is 2.19. The Hall–Kier alpha value is -2.37. The van der Waals surface area contributed by atoms with Crippen LogP contribution < -0.4 is 0 Å². The highest BCUT2D eigenvalue weighted by Crippen LogP contribution is 2.15. The standard InChI is InChI=1S/C57H104O6/c1-4-7-10-13-16-19-21-23-25-27-29-31-32-34-36-38-41-44-47-50-56(59)62-53-54(52-61-55(58)49-46-43-40-18-15-12-9-6-3)63-57(60)51-48-45-42-39-37-35-33-30-28-26-24-22-20-17-14-11-8-5-2/h16,19,23,25-26,28,54H,4-15,17-18,20-22,24,27,29-53H2,1-3H3/b19-16-,25-23-,28-26-. The number of carbonyl (C=O) groups is 3. The number of hydrogen-bond acceptors (Lipinski definition) is 6. The van der Waals surface area contributed by atoms with Crippen LogP contribution in [0.15, 0.2) is 36.5 Å². The van der Waals surface area contributed by atoms with Crippen LogP contribution in [0.4, 0.5) is 0 Å². The van der Waals surface area contributed by atoms with E-state index in [1.165, 1.54) is 186 Å². The van der Waals surface area contributed by atoms with Crippen LogP contribution in [-0.4, -0.2) is 37.2 Å². The van der Waals surface area contributed by atoms with E-state index in [1.54, 1.807) is 0 Å². The molecule has 0 bridgehead atoms. The maximum absolute atomic E-state index is 12.8. The van der Waals surface area contributed by atoms with Gasteiger partial charge in [0.1, 0.15) is 13.2 Å². The van der Waals surface area contributed by atoms with E-state index in [4.69, 9.17) is 14.2 Å². The van der Waals surface area contributed by atoms with Crippen molar-refractivity contribution in [1.82, 2.24) is 0 Å². The van der Waals surface area contributed by atoms with E-state index in [0.29, 0.717) is 19.3 Å². The quantitative estimate of drug-likeness (QED) is 0.0262. The molecule has 0 aromatic heterocycles. The molecule has 0 fully saturated rings. The maximum atomic E-state index is 12.8. The van der Waals surface area contributed by atoms with E-state index in [-0.39, 0.29) is 31.1 Å². The molecule has 1 atom stereocenters. The van der Waals surface area contributed by atoms with E-state index in [9.17, 15) is 14.4 Å². The van der Waals surface area contributed by atoms with E-state index >= 15 is 0 Å². The minimum atomic E-state index is -0.771. The molecule has 6 nitrogen and oxygen atoms in total. The van der Waals surface area contributed by atoms with Gasteiger partial charge in [-0.05, 0) is 77.0 Å². The Balaban J connectivity index is 4.25. The van der Waals surface area contributed by atoms with Gasteiger partial charge in [0.2, 0.25) is 0 Å². The molecular weight excluding hydrogens is 781 g/mol. The number of allylic oxidation sites excluding steroid dienone is 6. The van der Waals surface area contributed by atoms with Crippen molar-refractivity contribution in [3.05, 3.63) is 36.5 Å². The maximum Gasteiger partial charge on any atom is 0.306 e. The van der Waals surface area contributed by atoms with Crippen molar-refractivity contribution in [2.75, 3.05) is 13.2 Å². The van der Waals surface area contributed by atoms with Crippen LogP contribution in [-0.2, 0) is 28.6 Å². The lowest BCUT2D eigenvalue weighted by atomic mass is 10.1. The second kappa shape index (κ2) is 52.3. The van der Waals surface area contributed by atoms with Gasteiger partial charge >= 0.3 is 17.9 Å². The van der Waals surface area contributed by atoms with Crippen molar-refractivity contribution >= 4 is 17.9 Å². The van der Waals surface area contributed by atoms with Crippen LogP contribution >= 0.6 is 0 Å². The fraction of sp³-hybridized carbons (Fsp3) is 0.842. The Morgan fingerprint density at radius 1 is 0.317 bits per heavy atom. The normalized spacial score (nSPS) is 12.2. The molecular formula is C57H104O6. The van der Waals surface area contributed by atoms with E-state index < -0.39 is 6.10 Å². The van der Waals surface area contributed by atoms with Gasteiger partial charge < -0.3 is 14.2 Å². The molecule has 0 radical (unpaired) electrons. The molecule has 0 aliphatic carbocycles. The molecule has 1 unspecified atom stereocenters. The first kappa shape index (κ1) is 60.6. The molecule has 0 aliphatic rings. The predicted octanol–water partition coefficient (Wildman–Crippen LogP) is 18.1. The first-order valence-corrected chi connectivity index (χ1v) is 27.5. The number of esters is 3. The lowest BCUT2D eigenvalue weighted by molar-refractivity contribution is -0.167. The largest absolute Gasteiger partial charge is 0.462 e. The van der Waals surface area contributed by atoms with Crippen LogP contribution in [0.25, 0.3) is 0 Å². The molecule has 0 heterocycles. The van der Waals surface area contributed by atoms with Crippen LogP contribution in [0.2, 0.25) is 0 Å². The first-order chi connectivity index (χ1) is 31.0. The Labute approximate surface area is 391 Å². The third kappa shape index (κ3) is 50.5. The van der Waals surface area contributed by atoms with Crippen LogP contribution in [0.3, 0.4) is 0 Å². The molecule has 63 heavy (non-hydrogen) atoms. The van der Waals surface area contributed by atoms with Gasteiger partial charge in [0.15, 0.2) is 6.10 Å². The summed E-state index contributed by atoms with van der Waals surface area (Å²) in [6.45, 7) is 6.60. The summed E-state index contributed by atoms with van der Waals surface area (Å²) in [6.07, 6.45) is 61.4. The zero-order chi connectivity index (χ0) is 45.8. The number of rotatable bonds is 50. The highest BCUT2D eigenvalue weighted by atomic mass is 16.6. The zero-order valence-electron chi connectivity index (χ0n) is 42.1. The lowest BCUT2D eigenvalue weighted by Crippen LogP contribution is -2.30. The van der Waals surface area contributed by atoms with Gasteiger partial charge in [0.05, 0.1) is 0 Å². The summed E-state index contributed by atoms with van der Waals surface area (Å²) in [6, 6.07) is 0. The zero-order valence-corrected chi connectivity index (χ0v) is 42.1. The van der Waals surface area contributed by atoms with Crippen molar-refractivity contribution < 1.29 is 28.6 Å². The molecule has 0 aliphatic heterocycles. The van der Waals surface area contributed by atoms with Gasteiger partial charge in [-0.25, -0.2) is 0 Å². The van der Waals surface area contributed by atoms with Crippen molar-refractivity contribution in [1.29, 1.82) is 0 Å². The molecule has 0 amide bonds. The monoisotopic (exact) mass is 885 g/mol. The van der Waals surface area contributed by atoms with Crippen molar-refractivity contribution in [2.45, 2.75) is 297 Å². The van der Waals surface area contributed by atoms with Crippen molar-refractivity contribution in [3.63, 3.8) is 0 Å². The molecule has 0 saturated heterocycles. The SMILES string of the molecule is CCCCC/C=C\C/C=C\CCCCCCCCCCCC(=O)OCC(COC(=O)CCCCCCCCCC)OC(=O)CCCCCCCCC/C=C\CCCCCCCCC. The van der Waals surface area contributed by atoms with E-state index in [2.05, 4.69) is 57.2 Å². The van der Waals surface area contributed by atoms with Gasteiger partial charge in [-0.15, -0.1) is 0 Å². The Kier molecular flexibility index (Phi) is 50.3. The second-order valence-electron chi connectivity index (χ2n) is 18.5. The molecule has 0 saturated carbocycles. The Bertz CT molecular complexity index is 1060. The first-order valence-electron chi connectivity index (χ1n) is 27.5. The number of hydrogen-bond donors (Lipinski definition) is 0. The average Bonchev–Trinajstić information content (AvgIpc) is 3.28. The summed E-state index contributed by atoms with van der Waals surface area (Å²) < 4.78 is 16.8. The van der Waals surface area contributed by atoms with E-state index in [0.717, 1.165) is 64.2 Å². The van der Waals surface area contributed by atoms with Crippen LogP contribution in [0.1, 0.15) is 290 Å². The summed E-state index contributed by atoms with van der Waals surface area (Å²) in [5.41, 5.74) is 0. The summed E-state index contributed by atoms with van der Waals surface area (Å²) in [5.74, 6) is -0.874. The van der Waals surface area contributed by atoms with Crippen LogP contribution in [0, 0.1) is 0 Å². The molecule has 0 spiro atoms. The molecule has 0 rings (SSSR count). The third-order valence-corrected chi connectivity index (χ3v) is 12.1. The van der Waals surface area contributed by atoms with E-state index in [1.807, 2.05) is 0 Å². The summed E-state index contributed by atoms with van der Waals surface area (Å²) >= 11 is 0. The molecule has 6 heteroatoms. The number of carbonyl (C=O) groups excluding carboxylic acids is 3. The predicted molar refractivity (Wildman–Crippen MR) is 270 cm³/mol. The van der Waals surface area contributed by atoms with Gasteiger partial charge in [-0.1, -0.05) is 231 Å². The van der Waals surface area contributed by atoms with Gasteiger partial charge in [-0.3, -0.25) is 14.4 Å². The van der Waals surface area contributed by atoms with Crippen molar-refractivity contribution in [3.8, 4) is 0 Å². The molecule has 0 aromatic rings. The smallest absolute Gasteiger partial charge is 0.306 e. The van der Waals surface area contributed by atoms with Crippen LogP contribution in [0.5, 0.6) is 0 Å². The third-order valence-electron chi connectivity index (χ3n) is 12.1. The average molecular weight is 885 g/mol. The van der Waals surface area contributed by atoms with Gasteiger partial charge in [-0.2, -0.15) is 0 Å². The molecule has 0 N–H and O–H groups in total. The molecule has 0 aromatic carbocycles. The summed E-state index contributed by atoms with van der Waals surface area (Å²) in [7, 11) is 0. The number of ether oxygens (including phenoxy) is 3. The second-order valence-corrected chi connectivity index (χ2v) is 18.5. The fourth-order valence-electron chi connectivity index (χ4n) is 7.94. The topological polar surface area (TPSA) is 78.9 Å². The molecule has 368 valence electrons. The Morgan fingerprint density at radius 3 is 0.921 bits per heavy atom. The minimum Gasteiger partial charge on any atom is -0.462 e. The number of unbranched alkanes of at least 4 members (excludes halogenated alkanes) is 33. The Morgan fingerprint density at radius 2 is 0.571 bits per heavy atom. The fourth-order valence-corrected chi connectivity index (χ4v) is 7.94. The lowest BCUT2D eigenvalue weighted by Gasteiger charge is -2.18. The van der Waals surface area contributed by atoms with Gasteiger partial charge in [0, 0.05) is 19.3 Å². The summed E-state index contributed by atoms with van der Waals surface area (Å²) in [4.78, 5) is 37.9. The van der Waals surface area contributed by atoms with Gasteiger partial charge in [0.25, 0.3) is 0 Å². The summed E-state index contributed by atoms with van der Waals surface area (Å²) in [5, 5.41) is 0. The highest BCUT2D eigenvalue weighted by molar-refractivity contribution is 5.71. The van der Waals surface area contributed by atoms with Crippen molar-refractivity contribution in [2.24, 2.45) is 0 Å².